The third-order valence-corrected chi connectivity index (χ3v) is 10.2. The Morgan fingerprint density at radius 3 is 2.49 bits per heavy atom. The maximum atomic E-state index is 14.3. The van der Waals surface area contributed by atoms with Gasteiger partial charge in [-0.2, -0.15) is 0 Å². The van der Waals surface area contributed by atoms with Gasteiger partial charge >= 0.3 is 6.03 Å². The number of allylic oxidation sites excluding steroid dienone is 1. The topological polar surface area (TPSA) is 79.7 Å². The van der Waals surface area contributed by atoms with Crippen LogP contribution in [0.1, 0.15) is 56.6 Å². The van der Waals surface area contributed by atoms with Crippen LogP contribution in [0.25, 0.3) is 17.0 Å². The smallest absolute Gasteiger partial charge is 0.320 e. The van der Waals surface area contributed by atoms with Crippen molar-refractivity contribution in [3.8, 4) is 17.0 Å². The van der Waals surface area contributed by atoms with Crippen LogP contribution in [0.4, 0.5) is 13.6 Å². The standard InChI is InChI=1S/C35H41F2N5O3/c1-23(42-22-39-30(20-33(42)43)28-8-4-5-9-32(28)45-3)29-11-14-40(21-35(29)12-6-7-13-35)34(44)41-15-10-27(38-2)19-31(41)24-16-25(36)18-26(37)17-24/h4-5,8-9,16-18,20,22,27,29,31,38H,1,6-7,10-15,19,21H2,2-3H3/t27-,29+,31+/m1/s1. The van der Waals surface area contributed by atoms with E-state index in [0.29, 0.717) is 55.2 Å². The van der Waals surface area contributed by atoms with Crippen molar-refractivity contribution in [1.82, 2.24) is 24.7 Å². The Kier molecular flexibility index (Phi) is 8.77. The van der Waals surface area contributed by atoms with E-state index in [1.165, 1.54) is 18.2 Å². The number of nitrogens with one attached hydrogen (secondary N) is 1. The minimum atomic E-state index is -0.645. The van der Waals surface area contributed by atoms with Gasteiger partial charge in [0.2, 0.25) is 0 Å². The first-order valence-electron chi connectivity index (χ1n) is 15.8. The zero-order valence-electron chi connectivity index (χ0n) is 26.0. The van der Waals surface area contributed by atoms with E-state index in [0.717, 1.165) is 43.7 Å². The fourth-order valence-corrected chi connectivity index (χ4v) is 7.94. The zero-order valence-corrected chi connectivity index (χ0v) is 26.0. The third kappa shape index (κ3) is 6.00. The van der Waals surface area contributed by atoms with Crippen LogP contribution in [-0.2, 0) is 0 Å². The number of carbonyl (C=O) groups excluding carboxylic acids is 1. The molecule has 3 atom stereocenters. The number of amides is 2. The summed E-state index contributed by atoms with van der Waals surface area (Å²) >= 11 is 0. The number of carbonyl (C=O) groups is 1. The molecule has 1 aromatic heterocycles. The average Bonchev–Trinajstić information content (AvgIpc) is 3.51. The summed E-state index contributed by atoms with van der Waals surface area (Å²) < 4.78 is 35.5. The van der Waals surface area contributed by atoms with E-state index < -0.39 is 17.7 Å². The van der Waals surface area contributed by atoms with Crippen molar-refractivity contribution in [1.29, 1.82) is 0 Å². The van der Waals surface area contributed by atoms with Gasteiger partial charge in [0.25, 0.3) is 5.56 Å². The Labute approximate surface area is 262 Å². The summed E-state index contributed by atoms with van der Waals surface area (Å²) in [6.45, 7) is 5.96. The summed E-state index contributed by atoms with van der Waals surface area (Å²) in [5.74, 6) is -0.644. The number of aromatic nitrogens is 2. The molecule has 1 spiro atoms. The van der Waals surface area contributed by atoms with E-state index in [-0.39, 0.29) is 29.0 Å². The lowest BCUT2D eigenvalue weighted by Gasteiger charge is -2.50. The summed E-state index contributed by atoms with van der Waals surface area (Å²) in [5, 5.41) is 3.28. The lowest BCUT2D eigenvalue weighted by molar-refractivity contribution is 0.0455. The Morgan fingerprint density at radius 1 is 1.07 bits per heavy atom. The van der Waals surface area contributed by atoms with Crippen molar-refractivity contribution in [3.63, 3.8) is 0 Å². The number of halogens is 2. The predicted octanol–water partition coefficient (Wildman–Crippen LogP) is 6.10. The molecule has 6 rings (SSSR count). The monoisotopic (exact) mass is 617 g/mol. The highest BCUT2D eigenvalue weighted by atomic mass is 19.1. The lowest BCUT2D eigenvalue weighted by Crippen LogP contribution is -2.56. The molecule has 0 unspecified atom stereocenters. The molecule has 1 saturated carbocycles. The molecule has 2 aliphatic heterocycles. The van der Waals surface area contributed by atoms with E-state index in [1.54, 1.807) is 22.9 Å². The van der Waals surface area contributed by atoms with Crippen LogP contribution in [0.2, 0.25) is 0 Å². The van der Waals surface area contributed by atoms with E-state index in [4.69, 9.17) is 4.74 Å². The molecule has 10 heteroatoms. The Balaban J connectivity index is 1.24. The molecule has 2 amide bonds. The fourth-order valence-electron chi connectivity index (χ4n) is 7.94. The van der Waals surface area contributed by atoms with Gasteiger partial charge in [0, 0.05) is 55.0 Å². The molecule has 2 saturated heterocycles. The van der Waals surface area contributed by atoms with E-state index in [9.17, 15) is 18.4 Å². The maximum absolute atomic E-state index is 14.3. The largest absolute Gasteiger partial charge is 0.496 e. The molecule has 2 aromatic carbocycles. The van der Waals surface area contributed by atoms with Crippen molar-refractivity contribution in [2.75, 3.05) is 33.8 Å². The van der Waals surface area contributed by atoms with Crippen LogP contribution >= 0.6 is 0 Å². The van der Waals surface area contributed by atoms with Gasteiger partial charge in [-0.3, -0.25) is 9.36 Å². The van der Waals surface area contributed by atoms with Crippen molar-refractivity contribution >= 4 is 11.7 Å². The normalized spacial score (nSPS) is 22.9. The summed E-state index contributed by atoms with van der Waals surface area (Å²) in [4.78, 5) is 36.0. The Hall–Kier alpha value is -4.05. The number of hydrogen-bond acceptors (Lipinski definition) is 5. The lowest BCUT2D eigenvalue weighted by atomic mass is 9.68. The average molecular weight is 618 g/mol. The first-order valence-corrected chi connectivity index (χ1v) is 15.8. The van der Waals surface area contributed by atoms with Crippen LogP contribution in [0, 0.1) is 23.0 Å². The number of methoxy groups -OCH3 is 1. The first-order chi connectivity index (χ1) is 21.7. The molecule has 3 aliphatic rings. The van der Waals surface area contributed by atoms with Crippen LogP contribution < -0.4 is 15.6 Å². The SMILES string of the molecule is C=C([C@@H]1CCN(C(=O)N2CC[C@@H](NC)C[C@H]2c2cc(F)cc(F)c2)CC12CCCC2)n1cnc(-c2ccccc2OC)cc1=O. The highest BCUT2D eigenvalue weighted by Gasteiger charge is 2.49. The predicted molar refractivity (Wildman–Crippen MR) is 170 cm³/mol. The van der Waals surface area contributed by atoms with Gasteiger partial charge in [0.1, 0.15) is 23.7 Å². The number of piperidine rings is 2. The Morgan fingerprint density at radius 2 is 1.80 bits per heavy atom. The first kappa shape index (κ1) is 31.0. The van der Waals surface area contributed by atoms with Crippen molar-refractivity contribution < 1.29 is 18.3 Å². The van der Waals surface area contributed by atoms with Gasteiger partial charge in [-0.1, -0.05) is 31.6 Å². The molecule has 1 N–H and O–H groups in total. The van der Waals surface area contributed by atoms with E-state index >= 15 is 0 Å². The highest BCUT2D eigenvalue weighted by molar-refractivity contribution is 5.76. The molecule has 3 heterocycles. The summed E-state index contributed by atoms with van der Waals surface area (Å²) in [7, 11) is 3.46. The molecule has 0 bridgehead atoms. The highest BCUT2D eigenvalue weighted by Crippen LogP contribution is 2.52. The maximum Gasteiger partial charge on any atom is 0.320 e. The molecule has 1 aliphatic carbocycles. The van der Waals surface area contributed by atoms with Gasteiger partial charge in [-0.25, -0.2) is 18.6 Å². The number of para-hydroxylation sites is 1. The van der Waals surface area contributed by atoms with Crippen LogP contribution in [0.15, 0.2) is 66.2 Å². The second kappa shape index (κ2) is 12.7. The molecular formula is C35H41F2N5O3. The van der Waals surface area contributed by atoms with Crippen molar-refractivity contribution in [2.45, 2.75) is 57.0 Å². The van der Waals surface area contributed by atoms with Crippen molar-refractivity contribution in [3.05, 3.63) is 89.0 Å². The number of rotatable bonds is 6. The molecule has 8 nitrogen and oxygen atoms in total. The Bertz CT molecular complexity index is 1620. The van der Waals surface area contributed by atoms with Gasteiger partial charge in [-0.15, -0.1) is 0 Å². The summed E-state index contributed by atoms with van der Waals surface area (Å²) in [6, 6.07) is 12.1. The fraction of sp³-hybridized carbons (Fsp3) is 0.457. The third-order valence-electron chi connectivity index (χ3n) is 10.2. The number of urea groups is 1. The van der Waals surface area contributed by atoms with Crippen LogP contribution in [-0.4, -0.2) is 65.2 Å². The van der Waals surface area contributed by atoms with E-state index in [2.05, 4.69) is 16.9 Å². The number of nitrogens with zero attached hydrogens (tertiary/aromatic N) is 4. The molecular weight excluding hydrogens is 576 g/mol. The summed E-state index contributed by atoms with van der Waals surface area (Å²) in [5.41, 5.74) is 2.04. The molecule has 45 heavy (non-hydrogen) atoms. The minimum absolute atomic E-state index is 0.00352. The quantitative estimate of drug-likeness (QED) is 0.362. The molecule has 3 fully saturated rings. The number of likely N-dealkylation sites (tertiary alicyclic amines) is 2. The molecule has 3 aromatic rings. The second-order valence-corrected chi connectivity index (χ2v) is 12.7. The van der Waals surface area contributed by atoms with Gasteiger partial charge in [-0.05, 0) is 74.4 Å². The number of hydrogen-bond donors (Lipinski definition) is 1. The second-order valence-electron chi connectivity index (χ2n) is 12.7. The van der Waals surface area contributed by atoms with Gasteiger partial charge in [0.05, 0.1) is 18.8 Å². The van der Waals surface area contributed by atoms with Crippen molar-refractivity contribution in [2.24, 2.45) is 11.3 Å². The molecule has 238 valence electrons. The van der Waals surface area contributed by atoms with Gasteiger partial charge < -0.3 is 19.9 Å². The van der Waals surface area contributed by atoms with Gasteiger partial charge in [0.15, 0.2) is 0 Å². The van der Waals surface area contributed by atoms with Crippen LogP contribution in [0.3, 0.4) is 0 Å². The minimum Gasteiger partial charge on any atom is -0.496 e. The zero-order chi connectivity index (χ0) is 31.7. The number of ether oxygens (including phenoxy) is 1. The van der Waals surface area contributed by atoms with E-state index in [1.807, 2.05) is 36.2 Å². The summed E-state index contributed by atoms with van der Waals surface area (Å²) in [6.07, 6.45) is 7.51. The van der Waals surface area contributed by atoms with Crippen LogP contribution in [0.5, 0.6) is 5.75 Å². The molecule has 0 radical (unpaired) electrons. The number of benzene rings is 2.